The Bertz CT molecular complexity index is 1070. The summed E-state index contributed by atoms with van der Waals surface area (Å²) in [5.41, 5.74) is 2.30. The number of fused-ring (bicyclic) bond motifs is 1. The first kappa shape index (κ1) is 20.1. The zero-order valence-electron chi connectivity index (χ0n) is 17.0. The second kappa shape index (κ2) is 8.38. The smallest absolute Gasteiger partial charge is 0.218 e. The summed E-state index contributed by atoms with van der Waals surface area (Å²) in [6, 6.07) is 18.5. The fourth-order valence-electron chi connectivity index (χ4n) is 4.66. The molecule has 2 aromatic carbocycles. The molecular formula is C23H27N3O2S2. The molecule has 0 N–H and O–H groups in total. The highest BCUT2D eigenvalue weighted by Crippen LogP contribution is 2.35. The van der Waals surface area contributed by atoms with Crippen molar-refractivity contribution in [2.45, 2.75) is 37.0 Å². The molecule has 30 heavy (non-hydrogen) atoms. The Hall–Kier alpha value is -1.80. The second-order valence-electron chi connectivity index (χ2n) is 8.37. The van der Waals surface area contributed by atoms with Crippen LogP contribution < -0.4 is 0 Å². The van der Waals surface area contributed by atoms with Crippen LogP contribution in [0.2, 0.25) is 0 Å². The van der Waals surface area contributed by atoms with Crippen molar-refractivity contribution < 1.29 is 8.42 Å². The SMILES string of the molecule is O=S(=O)([C@@H]1CCN(Cc2ccccc2)C1)N1CCC(c2nc3ccccc3s2)CC1. The molecule has 3 heterocycles. The fraction of sp³-hybridized carbons (Fsp3) is 0.435. The van der Waals surface area contributed by atoms with Gasteiger partial charge in [0.05, 0.1) is 20.5 Å². The number of para-hydroxylation sites is 1. The van der Waals surface area contributed by atoms with Crippen LogP contribution in [0.1, 0.15) is 35.8 Å². The van der Waals surface area contributed by atoms with E-state index in [4.69, 9.17) is 4.98 Å². The van der Waals surface area contributed by atoms with Gasteiger partial charge in [-0.25, -0.2) is 17.7 Å². The number of piperidine rings is 1. The number of benzene rings is 2. The standard InChI is InChI=1S/C23H27N3O2S2/c27-30(28,20-12-13-25(17-20)16-18-6-2-1-3-7-18)26-14-10-19(11-15-26)23-24-21-8-4-5-9-22(21)29-23/h1-9,19-20H,10-17H2/t20-/m1/s1. The predicted molar refractivity (Wildman–Crippen MR) is 122 cm³/mol. The van der Waals surface area contributed by atoms with E-state index in [-0.39, 0.29) is 5.25 Å². The Kier molecular flexibility index (Phi) is 5.62. The first-order chi connectivity index (χ1) is 14.6. The summed E-state index contributed by atoms with van der Waals surface area (Å²) in [5, 5.41) is 0.878. The summed E-state index contributed by atoms with van der Waals surface area (Å²) in [6.45, 7) is 3.53. The summed E-state index contributed by atoms with van der Waals surface area (Å²) >= 11 is 1.75. The molecule has 0 saturated carbocycles. The van der Waals surface area contributed by atoms with Crippen molar-refractivity contribution in [3.8, 4) is 0 Å². The van der Waals surface area contributed by atoms with Crippen LogP contribution in [0.25, 0.3) is 10.2 Å². The molecule has 0 unspecified atom stereocenters. The predicted octanol–water partition coefficient (Wildman–Crippen LogP) is 4.08. The lowest BCUT2D eigenvalue weighted by Gasteiger charge is -2.32. The first-order valence-electron chi connectivity index (χ1n) is 10.7. The zero-order valence-corrected chi connectivity index (χ0v) is 18.6. The normalized spacial score (nSPS) is 22.1. The van der Waals surface area contributed by atoms with Crippen LogP contribution in [0.5, 0.6) is 0 Å². The second-order valence-corrected chi connectivity index (χ2v) is 11.6. The molecule has 5 rings (SSSR count). The maximum Gasteiger partial charge on any atom is 0.218 e. The van der Waals surface area contributed by atoms with Gasteiger partial charge in [0.15, 0.2) is 0 Å². The molecule has 2 saturated heterocycles. The molecule has 5 nitrogen and oxygen atoms in total. The molecular weight excluding hydrogens is 414 g/mol. The number of thiazole rings is 1. The molecule has 2 aliphatic heterocycles. The third-order valence-electron chi connectivity index (χ3n) is 6.37. The highest BCUT2D eigenvalue weighted by molar-refractivity contribution is 7.89. The molecule has 0 amide bonds. The Morgan fingerprint density at radius 3 is 2.43 bits per heavy atom. The number of nitrogens with zero attached hydrogens (tertiary/aromatic N) is 3. The molecule has 1 aromatic heterocycles. The average Bonchev–Trinajstić information content (AvgIpc) is 3.42. The Labute approximate surface area is 182 Å². The third-order valence-corrected chi connectivity index (χ3v) is 9.88. The molecule has 2 aliphatic rings. The van der Waals surface area contributed by atoms with Gasteiger partial charge in [-0.1, -0.05) is 42.5 Å². The van der Waals surface area contributed by atoms with Gasteiger partial charge in [0.1, 0.15) is 0 Å². The number of aromatic nitrogens is 1. The topological polar surface area (TPSA) is 53.5 Å². The summed E-state index contributed by atoms with van der Waals surface area (Å²) < 4.78 is 29.5. The molecule has 7 heteroatoms. The van der Waals surface area contributed by atoms with Gasteiger partial charge >= 0.3 is 0 Å². The van der Waals surface area contributed by atoms with Crippen LogP contribution in [-0.2, 0) is 16.6 Å². The first-order valence-corrected chi connectivity index (χ1v) is 13.0. The van der Waals surface area contributed by atoms with Crippen LogP contribution >= 0.6 is 11.3 Å². The van der Waals surface area contributed by atoms with Gasteiger partial charge in [0.25, 0.3) is 0 Å². The van der Waals surface area contributed by atoms with Gasteiger partial charge in [0.2, 0.25) is 10.0 Å². The van der Waals surface area contributed by atoms with Gasteiger partial charge in [-0.2, -0.15) is 0 Å². The van der Waals surface area contributed by atoms with Crippen molar-refractivity contribution in [1.82, 2.24) is 14.2 Å². The average molecular weight is 442 g/mol. The van der Waals surface area contributed by atoms with E-state index in [0.29, 0.717) is 25.6 Å². The molecule has 0 spiro atoms. The molecule has 0 aliphatic carbocycles. The fourth-order valence-corrected chi connectivity index (χ4v) is 7.74. The van der Waals surface area contributed by atoms with E-state index in [1.807, 2.05) is 30.3 Å². The minimum atomic E-state index is -3.24. The summed E-state index contributed by atoms with van der Waals surface area (Å²) in [7, 11) is -3.24. The highest BCUT2D eigenvalue weighted by atomic mass is 32.2. The monoisotopic (exact) mass is 441 g/mol. The van der Waals surface area contributed by atoms with E-state index in [0.717, 1.165) is 42.9 Å². The van der Waals surface area contributed by atoms with Crippen LogP contribution in [-0.4, -0.2) is 54.0 Å². The van der Waals surface area contributed by atoms with Crippen molar-refractivity contribution in [2.24, 2.45) is 0 Å². The minimum Gasteiger partial charge on any atom is -0.298 e. The van der Waals surface area contributed by atoms with Gasteiger partial charge in [0, 0.05) is 32.1 Å². The minimum absolute atomic E-state index is 0.278. The summed E-state index contributed by atoms with van der Waals surface area (Å²) in [4.78, 5) is 7.06. The van der Waals surface area contributed by atoms with Gasteiger partial charge < -0.3 is 0 Å². The lowest BCUT2D eigenvalue weighted by atomic mass is 9.99. The molecule has 0 radical (unpaired) electrons. The maximum atomic E-state index is 13.3. The van der Waals surface area contributed by atoms with Crippen LogP contribution in [0.3, 0.4) is 0 Å². The van der Waals surface area contributed by atoms with Crippen LogP contribution in [0, 0.1) is 0 Å². The van der Waals surface area contributed by atoms with E-state index >= 15 is 0 Å². The number of hydrogen-bond donors (Lipinski definition) is 0. The molecule has 158 valence electrons. The van der Waals surface area contributed by atoms with E-state index < -0.39 is 10.0 Å². The van der Waals surface area contributed by atoms with Crippen molar-refractivity contribution >= 4 is 31.6 Å². The Morgan fingerprint density at radius 2 is 1.67 bits per heavy atom. The molecule has 3 aromatic rings. The van der Waals surface area contributed by atoms with Crippen molar-refractivity contribution in [3.05, 3.63) is 65.2 Å². The van der Waals surface area contributed by atoms with Crippen molar-refractivity contribution in [2.75, 3.05) is 26.2 Å². The zero-order chi connectivity index (χ0) is 20.6. The van der Waals surface area contributed by atoms with Crippen LogP contribution in [0.15, 0.2) is 54.6 Å². The van der Waals surface area contributed by atoms with E-state index in [1.165, 1.54) is 10.3 Å². The van der Waals surface area contributed by atoms with Gasteiger partial charge in [-0.15, -0.1) is 11.3 Å². The number of sulfonamides is 1. The van der Waals surface area contributed by atoms with Gasteiger partial charge in [-0.05, 0) is 43.5 Å². The quantitative estimate of drug-likeness (QED) is 0.599. The van der Waals surface area contributed by atoms with Crippen LogP contribution in [0.4, 0.5) is 0 Å². The maximum absolute atomic E-state index is 13.3. The Morgan fingerprint density at radius 1 is 0.933 bits per heavy atom. The summed E-state index contributed by atoms with van der Waals surface area (Å²) in [6.07, 6.45) is 2.45. The van der Waals surface area contributed by atoms with Gasteiger partial charge in [-0.3, -0.25) is 4.90 Å². The lowest BCUT2D eigenvalue weighted by Crippen LogP contribution is -2.44. The third kappa shape index (κ3) is 4.04. The number of hydrogen-bond acceptors (Lipinski definition) is 5. The van der Waals surface area contributed by atoms with Crippen molar-refractivity contribution in [3.63, 3.8) is 0 Å². The lowest BCUT2D eigenvalue weighted by molar-refractivity contribution is 0.310. The largest absolute Gasteiger partial charge is 0.298 e. The van der Waals surface area contributed by atoms with E-state index in [2.05, 4.69) is 29.2 Å². The number of rotatable bonds is 5. The summed E-state index contributed by atoms with van der Waals surface area (Å²) in [5.74, 6) is 0.368. The Balaban J connectivity index is 1.20. The highest BCUT2D eigenvalue weighted by Gasteiger charge is 2.39. The molecule has 1 atom stereocenters. The van der Waals surface area contributed by atoms with E-state index in [9.17, 15) is 8.42 Å². The number of likely N-dealkylation sites (tertiary alicyclic amines) is 1. The molecule has 0 bridgehead atoms. The van der Waals surface area contributed by atoms with Crippen molar-refractivity contribution in [1.29, 1.82) is 0 Å². The molecule has 2 fully saturated rings. The van der Waals surface area contributed by atoms with E-state index in [1.54, 1.807) is 15.6 Å².